The van der Waals surface area contributed by atoms with Crippen molar-refractivity contribution in [3.63, 3.8) is 0 Å². The molecule has 2 aromatic rings. The molecule has 1 aliphatic heterocycles. The van der Waals surface area contributed by atoms with Gasteiger partial charge in [0, 0.05) is 38.8 Å². The van der Waals surface area contributed by atoms with Crippen LogP contribution in [0.15, 0.2) is 22.7 Å². The lowest BCUT2D eigenvalue weighted by Gasteiger charge is -2.37. The predicted octanol–water partition coefficient (Wildman–Crippen LogP) is 2.55. The van der Waals surface area contributed by atoms with Crippen molar-refractivity contribution < 1.29 is 22.5 Å². The average molecular weight is 382 g/mol. The summed E-state index contributed by atoms with van der Waals surface area (Å²) in [5.41, 5.74) is 0.492. The standard InChI is InChI=1S/C18H21F3N4O2/c1-11-9-13(23-27-11)10-24-5-7-25(8-6-24)12(2)18(26)22-15-4-3-14(19)16(20)17(15)21/h3-4,9,12H,5-8,10H2,1-2H3,(H,22,26). The summed E-state index contributed by atoms with van der Waals surface area (Å²) in [5, 5.41) is 6.30. The van der Waals surface area contributed by atoms with E-state index in [-0.39, 0.29) is 5.69 Å². The molecule has 0 spiro atoms. The molecule has 1 unspecified atom stereocenters. The molecular formula is C18H21F3N4O2. The molecule has 27 heavy (non-hydrogen) atoms. The van der Waals surface area contributed by atoms with Crippen LogP contribution >= 0.6 is 0 Å². The molecule has 1 fully saturated rings. The molecule has 6 nitrogen and oxygen atoms in total. The van der Waals surface area contributed by atoms with Crippen LogP contribution in [0.4, 0.5) is 18.9 Å². The van der Waals surface area contributed by atoms with Crippen LogP contribution < -0.4 is 5.32 Å². The molecule has 1 aromatic heterocycles. The summed E-state index contributed by atoms with van der Waals surface area (Å²) in [5.74, 6) is -4.00. The van der Waals surface area contributed by atoms with E-state index in [9.17, 15) is 18.0 Å². The minimum atomic E-state index is -1.60. The second-order valence-corrected chi connectivity index (χ2v) is 6.63. The van der Waals surface area contributed by atoms with Gasteiger partial charge in [-0.3, -0.25) is 14.6 Å². The Kier molecular flexibility index (Phi) is 5.81. The molecule has 1 aliphatic rings. The van der Waals surface area contributed by atoms with Gasteiger partial charge in [-0.05, 0) is 26.0 Å². The number of benzene rings is 1. The zero-order valence-electron chi connectivity index (χ0n) is 15.1. The number of carbonyl (C=O) groups is 1. The lowest BCUT2D eigenvalue weighted by Crippen LogP contribution is -2.52. The minimum Gasteiger partial charge on any atom is -0.361 e. The van der Waals surface area contributed by atoms with Gasteiger partial charge in [0.05, 0.1) is 17.4 Å². The molecule has 1 atom stereocenters. The van der Waals surface area contributed by atoms with Crippen LogP contribution in [-0.2, 0) is 11.3 Å². The van der Waals surface area contributed by atoms with Gasteiger partial charge in [-0.15, -0.1) is 0 Å². The molecule has 3 rings (SSSR count). The average Bonchev–Trinajstić information content (AvgIpc) is 3.07. The molecule has 1 aromatic carbocycles. The number of aromatic nitrogens is 1. The van der Waals surface area contributed by atoms with Gasteiger partial charge in [-0.1, -0.05) is 5.16 Å². The van der Waals surface area contributed by atoms with Crippen molar-refractivity contribution in [2.24, 2.45) is 0 Å². The number of piperazine rings is 1. The summed E-state index contributed by atoms with van der Waals surface area (Å²) in [6.45, 7) is 6.98. The molecule has 1 saturated heterocycles. The van der Waals surface area contributed by atoms with E-state index >= 15 is 0 Å². The summed E-state index contributed by atoms with van der Waals surface area (Å²) in [6, 6.07) is 3.15. The molecule has 0 radical (unpaired) electrons. The van der Waals surface area contributed by atoms with Gasteiger partial charge in [0.25, 0.3) is 0 Å². The Balaban J connectivity index is 1.53. The van der Waals surface area contributed by atoms with Crippen LogP contribution in [0.1, 0.15) is 18.4 Å². The maximum absolute atomic E-state index is 13.7. The van der Waals surface area contributed by atoms with Gasteiger partial charge < -0.3 is 9.84 Å². The highest BCUT2D eigenvalue weighted by Crippen LogP contribution is 2.20. The van der Waals surface area contributed by atoms with Crippen molar-refractivity contribution in [2.75, 3.05) is 31.5 Å². The summed E-state index contributed by atoms with van der Waals surface area (Å²) in [4.78, 5) is 16.5. The lowest BCUT2D eigenvalue weighted by molar-refractivity contribution is -0.121. The topological polar surface area (TPSA) is 61.6 Å². The first kappa shape index (κ1) is 19.4. The van der Waals surface area contributed by atoms with Crippen LogP contribution in [0.25, 0.3) is 0 Å². The van der Waals surface area contributed by atoms with Gasteiger partial charge in [0.15, 0.2) is 17.5 Å². The van der Waals surface area contributed by atoms with Crippen LogP contribution in [0, 0.1) is 24.4 Å². The van der Waals surface area contributed by atoms with Crippen molar-refractivity contribution in [3.8, 4) is 0 Å². The summed E-state index contributed by atoms with van der Waals surface area (Å²) >= 11 is 0. The Labute approximate surface area is 154 Å². The summed E-state index contributed by atoms with van der Waals surface area (Å²) in [6.07, 6.45) is 0. The first-order chi connectivity index (χ1) is 12.8. The minimum absolute atomic E-state index is 0.370. The number of anilines is 1. The first-order valence-corrected chi connectivity index (χ1v) is 8.68. The van der Waals surface area contributed by atoms with Crippen molar-refractivity contribution in [1.29, 1.82) is 0 Å². The van der Waals surface area contributed by atoms with Crippen LogP contribution in [0.2, 0.25) is 0 Å². The van der Waals surface area contributed by atoms with E-state index in [1.165, 1.54) is 0 Å². The molecular weight excluding hydrogens is 361 g/mol. The van der Waals surface area contributed by atoms with E-state index in [0.717, 1.165) is 36.7 Å². The Hall–Kier alpha value is -2.39. The smallest absolute Gasteiger partial charge is 0.241 e. The van der Waals surface area contributed by atoms with Crippen molar-refractivity contribution >= 4 is 11.6 Å². The fraction of sp³-hybridized carbons (Fsp3) is 0.444. The number of rotatable bonds is 5. The van der Waals surface area contributed by atoms with E-state index in [0.29, 0.717) is 19.6 Å². The number of carbonyl (C=O) groups excluding carboxylic acids is 1. The van der Waals surface area contributed by atoms with Gasteiger partial charge in [-0.2, -0.15) is 0 Å². The fourth-order valence-corrected chi connectivity index (χ4v) is 3.06. The third-order valence-corrected chi connectivity index (χ3v) is 4.69. The molecule has 2 heterocycles. The molecule has 1 amide bonds. The summed E-state index contributed by atoms with van der Waals surface area (Å²) in [7, 11) is 0. The number of hydrogen-bond acceptors (Lipinski definition) is 5. The number of aryl methyl sites for hydroxylation is 1. The van der Waals surface area contributed by atoms with E-state index in [4.69, 9.17) is 4.52 Å². The highest BCUT2D eigenvalue weighted by Gasteiger charge is 2.27. The largest absolute Gasteiger partial charge is 0.361 e. The van der Waals surface area contributed by atoms with Gasteiger partial charge in [0.1, 0.15) is 5.76 Å². The number of halogens is 3. The second kappa shape index (κ2) is 8.10. The predicted molar refractivity (Wildman–Crippen MR) is 92.5 cm³/mol. The van der Waals surface area contributed by atoms with Crippen LogP contribution in [0.3, 0.4) is 0 Å². The molecule has 1 N–H and O–H groups in total. The van der Waals surface area contributed by atoms with E-state index in [1.54, 1.807) is 6.92 Å². The number of hydrogen-bond donors (Lipinski definition) is 1. The quantitative estimate of drug-likeness (QED) is 0.806. The van der Waals surface area contributed by atoms with Crippen LogP contribution in [-0.4, -0.2) is 53.1 Å². The zero-order valence-corrected chi connectivity index (χ0v) is 15.1. The molecule has 146 valence electrons. The molecule has 9 heteroatoms. The zero-order chi connectivity index (χ0) is 19.6. The third-order valence-electron chi connectivity index (χ3n) is 4.69. The Morgan fingerprint density at radius 3 is 2.56 bits per heavy atom. The van der Waals surface area contributed by atoms with E-state index in [2.05, 4.69) is 15.4 Å². The Morgan fingerprint density at radius 2 is 1.93 bits per heavy atom. The number of nitrogens with one attached hydrogen (secondary N) is 1. The molecule has 0 saturated carbocycles. The maximum Gasteiger partial charge on any atom is 0.241 e. The normalized spacial score (nSPS) is 17.1. The van der Waals surface area contributed by atoms with Gasteiger partial charge in [-0.25, -0.2) is 13.2 Å². The van der Waals surface area contributed by atoms with Crippen LogP contribution in [0.5, 0.6) is 0 Å². The van der Waals surface area contributed by atoms with E-state index < -0.39 is 29.4 Å². The number of nitrogens with zero attached hydrogens (tertiary/aromatic N) is 3. The van der Waals surface area contributed by atoms with Gasteiger partial charge in [0.2, 0.25) is 5.91 Å². The first-order valence-electron chi connectivity index (χ1n) is 8.68. The second-order valence-electron chi connectivity index (χ2n) is 6.63. The van der Waals surface area contributed by atoms with Crippen molar-refractivity contribution in [3.05, 3.63) is 47.1 Å². The highest BCUT2D eigenvalue weighted by molar-refractivity contribution is 5.94. The third kappa shape index (κ3) is 4.48. The van der Waals surface area contributed by atoms with E-state index in [1.807, 2.05) is 17.9 Å². The monoisotopic (exact) mass is 382 g/mol. The number of amides is 1. The Morgan fingerprint density at radius 1 is 1.22 bits per heavy atom. The summed E-state index contributed by atoms with van der Waals surface area (Å²) < 4.78 is 45.1. The van der Waals surface area contributed by atoms with Gasteiger partial charge >= 0.3 is 0 Å². The Bertz CT molecular complexity index is 819. The van der Waals surface area contributed by atoms with Crippen molar-refractivity contribution in [1.82, 2.24) is 15.0 Å². The highest BCUT2D eigenvalue weighted by atomic mass is 19.2. The molecule has 0 aliphatic carbocycles. The maximum atomic E-state index is 13.7. The lowest BCUT2D eigenvalue weighted by atomic mass is 10.2. The van der Waals surface area contributed by atoms with Crippen molar-refractivity contribution in [2.45, 2.75) is 26.4 Å². The SMILES string of the molecule is Cc1cc(CN2CCN(C(C)C(=O)Nc3ccc(F)c(F)c3F)CC2)no1. The molecule has 0 bridgehead atoms. The fourth-order valence-electron chi connectivity index (χ4n) is 3.06.